The average molecular weight is 650 g/mol. The Morgan fingerprint density at radius 3 is 2.09 bits per heavy atom. The summed E-state index contributed by atoms with van der Waals surface area (Å²) >= 11 is 0. The van der Waals surface area contributed by atoms with Crippen LogP contribution in [0.1, 0.15) is 58.6 Å². The van der Waals surface area contributed by atoms with Crippen LogP contribution in [0.25, 0.3) is 0 Å². The first-order valence-corrected chi connectivity index (χ1v) is 16.1. The van der Waals surface area contributed by atoms with Gasteiger partial charge in [-0.2, -0.15) is 0 Å². The standard InChI is InChI=1S/C35H47N5O7/c1-7-35(5,6)23-17-25(30(43)37-24(14-19-12-13-19)27(41)29(36)42)40(18-23)31(44)26(22-15-20-10-8-9-11-21(20)16-22)38-33(47)39-28(32(45)46)34(2,3)4/h7-13,19,22-26,28H,1,14-18H2,2-6H3,(H2,36,42)(H,37,43)(H,45,46)(H2,38,39,47)/t23-,24?,25+,26+,28-/m1/s1. The molecule has 12 nitrogen and oxygen atoms in total. The summed E-state index contributed by atoms with van der Waals surface area (Å²) in [4.78, 5) is 79.9. The number of benzene rings is 1. The molecule has 4 rings (SSSR count). The molecule has 5 atom stereocenters. The minimum atomic E-state index is -1.23. The molecule has 1 heterocycles. The highest BCUT2D eigenvalue weighted by molar-refractivity contribution is 6.37. The third kappa shape index (κ3) is 8.28. The van der Waals surface area contributed by atoms with Gasteiger partial charge in [0.2, 0.25) is 17.6 Å². The number of hydrogen-bond acceptors (Lipinski definition) is 6. The number of fused-ring (bicyclic) bond motifs is 1. The molecule has 1 unspecified atom stereocenters. The molecule has 0 bridgehead atoms. The second kappa shape index (κ2) is 13.7. The van der Waals surface area contributed by atoms with Gasteiger partial charge in [0.05, 0.1) is 6.04 Å². The number of rotatable bonds is 13. The molecule has 1 aromatic rings. The number of allylic oxidation sites excluding steroid dienone is 3. The van der Waals surface area contributed by atoms with Crippen LogP contribution in [0.3, 0.4) is 0 Å². The third-order valence-corrected chi connectivity index (χ3v) is 9.81. The molecule has 0 spiro atoms. The summed E-state index contributed by atoms with van der Waals surface area (Å²) in [5.74, 6) is -4.99. The summed E-state index contributed by atoms with van der Waals surface area (Å²) in [5.41, 5.74) is 6.08. The van der Waals surface area contributed by atoms with Gasteiger partial charge >= 0.3 is 12.0 Å². The van der Waals surface area contributed by atoms with Crippen molar-refractivity contribution in [3.8, 4) is 0 Å². The van der Waals surface area contributed by atoms with E-state index < -0.39 is 70.5 Å². The van der Waals surface area contributed by atoms with Crippen LogP contribution in [0, 0.1) is 28.6 Å². The van der Waals surface area contributed by atoms with Crippen LogP contribution in [0.4, 0.5) is 4.79 Å². The Labute approximate surface area is 275 Å². The molecule has 1 saturated heterocycles. The number of amides is 5. The van der Waals surface area contributed by atoms with E-state index in [4.69, 9.17) is 5.73 Å². The predicted molar refractivity (Wildman–Crippen MR) is 175 cm³/mol. The van der Waals surface area contributed by atoms with Gasteiger partial charge < -0.3 is 31.7 Å². The summed E-state index contributed by atoms with van der Waals surface area (Å²) in [6.07, 6.45) is 6.88. The number of carbonyl (C=O) groups is 6. The Balaban J connectivity index is 1.65. The van der Waals surface area contributed by atoms with Crippen molar-refractivity contribution in [3.05, 3.63) is 60.2 Å². The molecule has 3 aliphatic rings. The number of nitrogens with two attached hydrogens (primary N) is 1. The number of nitrogens with zero attached hydrogens (tertiary/aromatic N) is 1. The fraction of sp³-hybridized carbons (Fsp3) is 0.543. The zero-order valence-electron chi connectivity index (χ0n) is 27.7. The maximum Gasteiger partial charge on any atom is 0.326 e. The number of primary amides is 1. The molecule has 12 heteroatoms. The third-order valence-electron chi connectivity index (χ3n) is 9.81. The Kier molecular flexibility index (Phi) is 10.3. The number of hydrogen-bond donors (Lipinski definition) is 5. The van der Waals surface area contributed by atoms with Crippen molar-refractivity contribution in [2.75, 3.05) is 6.54 Å². The van der Waals surface area contributed by atoms with Gasteiger partial charge in [0, 0.05) is 6.54 Å². The molecule has 5 amide bonds. The van der Waals surface area contributed by atoms with Gasteiger partial charge in [-0.25, -0.2) is 9.59 Å². The van der Waals surface area contributed by atoms with Crippen molar-refractivity contribution in [3.63, 3.8) is 0 Å². The van der Waals surface area contributed by atoms with Crippen molar-refractivity contribution in [2.24, 2.45) is 34.3 Å². The molecule has 6 N–H and O–H groups in total. The van der Waals surface area contributed by atoms with Crippen LogP contribution < -0.4 is 21.7 Å². The van der Waals surface area contributed by atoms with Gasteiger partial charge in [-0.05, 0) is 65.4 Å². The lowest BCUT2D eigenvalue weighted by atomic mass is 9.77. The smallest absolute Gasteiger partial charge is 0.326 e. The number of carbonyl (C=O) groups excluding carboxylic acids is 5. The van der Waals surface area contributed by atoms with E-state index in [1.54, 1.807) is 26.8 Å². The second-order valence-corrected chi connectivity index (χ2v) is 14.7. The Morgan fingerprint density at radius 2 is 1.60 bits per heavy atom. The molecule has 1 aliphatic heterocycles. The number of ketones is 1. The first-order chi connectivity index (χ1) is 21.9. The number of carboxylic acids is 1. The van der Waals surface area contributed by atoms with Gasteiger partial charge in [0.1, 0.15) is 18.1 Å². The fourth-order valence-electron chi connectivity index (χ4n) is 6.56. The van der Waals surface area contributed by atoms with Gasteiger partial charge in [-0.1, -0.05) is 77.1 Å². The largest absolute Gasteiger partial charge is 0.480 e. The summed E-state index contributed by atoms with van der Waals surface area (Å²) in [5, 5.41) is 17.8. The second-order valence-electron chi connectivity index (χ2n) is 14.7. The summed E-state index contributed by atoms with van der Waals surface area (Å²) in [7, 11) is 0. The molecular formula is C35H47N5O7. The van der Waals surface area contributed by atoms with Crippen LogP contribution in [0.2, 0.25) is 0 Å². The number of carboxylic acid groups (broad SMARTS) is 1. The molecule has 0 saturated carbocycles. The van der Waals surface area contributed by atoms with Crippen LogP contribution in [0.5, 0.6) is 0 Å². The topological polar surface area (TPSA) is 188 Å². The molecule has 2 aliphatic carbocycles. The quantitative estimate of drug-likeness (QED) is 0.160. The van der Waals surface area contributed by atoms with E-state index in [9.17, 15) is 33.9 Å². The van der Waals surface area contributed by atoms with Crippen molar-refractivity contribution in [1.29, 1.82) is 0 Å². The number of likely N-dealkylation sites (tertiary alicyclic amines) is 1. The van der Waals surface area contributed by atoms with Crippen molar-refractivity contribution in [1.82, 2.24) is 20.9 Å². The van der Waals surface area contributed by atoms with Crippen LogP contribution in [-0.4, -0.2) is 76.2 Å². The fourth-order valence-corrected chi connectivity index (χ4v) is 6.56. The number of nitrogens with one attached hydrogen (secondary N) is 3. The highest BCUT2D eigenvalue weighted by Crippen LogP contribution is 2.39. The lowest BCUT2D eigenvalue weighted by Crippen LogP contribution is -2.60. The van der Waals surface area contributed by atoms with E-state index in [1.807, 2.05) is 50.3 Å². The van der Waals surface area contributed by atoms with E-state index in [-0.39, 0.29) is 37.1 Å². The lowest BCUT2D eigenvalue weighted by Gasteiger charge is -2.34. The predicted octanol–water partition coefficient (Wildman–Crippen LogP) is 2.11. The maximum absolute atomic E-state index is 14.6. The van der Waals surface area contributed by atoms with Crippen molar-refractivity contribution in [2.45, 2.75) is 84.5 Å². The molecular weight excluding hydrogens is 602 g/mol. The van der Waals surface area contributed by atoms with Crippen LogP contribution in [-0.2, 0) is 36.8 Å². The molecule has 254 valence electrons. The van der Waals surface area contributed by atoms with E-state index in [0.29, 0.717) is 12.8 Å². The minimum absolute atomic E-state index is 0.0452. The van der Waals surface area contributed by atoms with E-state index in [1.165, 1.54) is 4.90 Å². The SMILES string of the molecule is C=CC(C)(C)[C@@H]1C[C@@H](C(=O)NC(CC2C=C2)C(=O)C(N)=O)N(C(=O)[C@@H](NC(=O)N[C@H](C(=O)O)C(C)(C)C)C2Cc3ccccc3C2)C1. The minimum Gasteiger partial charge on any atom is -0.480 e. The number of urea groups is 1. The summed E-state index contributed by atoms with van der Waals surface area (Å²) in [6, 6.07) is 2.43. The number of Topliss-reactive ketones (excluding diaryl/α,β-unsaturated/α-hetero) is 1. The van der Waals surface area contributed by atoms with Gasteiger partial charge in [0.25, 0.3) is 5.91 Å². The summed E-state index contributed by atoms with van der Waals surface area (Å²) in [6.45, 7) is 13.1. The lowest BCUT2D eigenvalue weighted by molar-refractivity contribution is -0.142. The van der Waals surface area contributed by atoms with Crippen molar-refractivity contribution < 1.29 is 33.9 Å². The zero-order valence-corrected chi connectivity index (χ0v) is 27.7. The molecule has 0 aromatic heterocycles. The van der Waals surface area contributed by atoms with Crippen LogP contribution >= 0.6 is 0 Å². The highest BCUT2D eigenvalue weighted by Gasteiger charge is 2.48. The Morgan fingerprint density at radius 1 is 1.00 bits per heavy atom. The normalized spacial score (nSPS) is 21.3. The number of aliphatic carboxylic acids is 1. The zero-order chi connectivity index (χ0) is 34.8. The van der Waals surface area contributed by atoms with Gasteiger partial charge in [-0.15, -0.1) is 6.58 Å². The monoisotopic (exact) mass is 649 g/mol. The van der Waals surface area contributed by atoms with Gasteiger partial charge in [0.15, 0.2) is 0 Å². The molecule has 0 radical (unpaired) electrons. The Hall–Kier alpha value is -4.48. The molecule has 47 heavy (non-hydrogen) atoms. The Bertz CT molecular complexity index is 1450. The summed E-state index contributed by atoms with van der Waals surface area (Å²) < 4.78 is 0. The average Bonchev–Trinajstić information content (AvgIpc) is 3.52. The highest BCUT2D eigenvalue weighted by atomic mass is 16.4. The van der Waals surface area contributed by atoms with Crippen molar-refractivity contribution >= 4 is 35.5 Å². The first-order valence-electron chi connectivity index (χ1n) is 16.1. The van der Waals surface area contributed by atoms with E-state index in [2.05, 4.69) is 22.5 Å². The van der Waals surface area contributed by atoms with E-state index in [0.717, 1.165) is 11.1 Å². The molecule has 1 fully saturated rings. The maximum atomic E-state index is 14.6. The van der Waals surface area contributed by atoms with Crippen LogP contribution in [0.15, 0.2) is 49.1 Å². The molecule has 1 aromatic carbocycles. The van der Waals surface area contributed by atoms with E-state index >= 15 is 0 Å². The van der Waals surface area contributed by atoms with Gasteiger partial charge in [-0.3, -0.25) is 19.2 Å². The first kappa shape index (κ1) is 35.4.